The van der Waals surface area contributed by atoms with E-state index in [0.29, 0.717) is 11.7 Å². The number of halogens is 1. The molecule has 130 valence electrons. The second kappa shape index (κ2) is 8.31. The molecule has 0 spiro atoms. The maximum atomic E-state index is 6.33. The fraction of sp³-hybridized carbons (Fsp3) is 0.444. The van der Waals surface area contributed by atoms with Crippen LogP contribution in [0.4, 0.5) is 0 Å². The van der Waals surface area contributed by atoms with Crippen LogP contribution in [0, 0.1) is 0 Å². The second-order valence-corrected chi connectivity index (χ2v) is 6.07. The molecule has 1 fully saturated rings. The maximum absolute atomic E-state index is 6.33. The van der Waals surface area contributed by atoms with Gasteiger partial charge >= 0.3 is 0 Å². The van der Waals surface area contributed by atoms with E-state index in [1.165, 1.54) is 0 Å². The SMILES string of the molecule is CCCOc1ccc(/C=C/c2nc(C3(N)CCCC3)no2)cc1.Cl. The summed E-state index contributed by atoms with van der Waals surface area (Å²) >= 11 is 0. The van der Waals surface area contributed by atoms with Gasteiger partial charge in [0, 0.05) is 6.08 Å². The molecule has 0 bridgehead atoms. The minimum Gasteiger partial charge on any atom is -0.494 e. The van der Waals surface area contributed by atoms with Gasteiger partial charge < -0.3 is 15.0 Å². The molecule has 1 aliphatic carbocycles. The van der Waals surface area contributed by atoms with Gasteiger partial charge in [-0.2, -0.15) is 4.98 Å². The third kappa shape index (κ3) is 4.36. The lowest BCUT2D eigenvalue weighted by Crippen LogP contribution is -2.34. The first kappa shape index (κ1) is 18.5. The minimum absolute atomic E-state index is 0. The van der Waals surface area contributed by atoms with E-state index in [-0.39, 0.29) is 12.4 Å². The molecule has 0 saturated heterocycles. The van der Waals surface area contributed by atoms with Gasteiger partial charge in [0.25, 0.3) is 5.89 Å². The van der Waals surface area contributed by atoms with E-state index in [0.717, 1.165) is 50.0 Å². The predicted octanol–water partition coefficient (Wildman–Crippen LogP) is 4.18. The van der Waals surface area contributed by atoms with Gasteiger partial charge in [-0.1, -0.05) is 37.1 Å². The quantitative estimate of drug-likeness (QED) is 0.846. The molecule has 0 unspecified atom stereocenters. The fourth-order valence-electron chi connectivity index (χ4n) is 2.80. The van der Waals surface area contributed by atoms with Crippen molar-refractivity contribution < 1.29 is 9.26 Å². The summed E-state index contributed by atoms with van der Waals surface area (Å²) in [6.45, 7) is 2.83. The standard InChI is InChI=1S/C18H23N3O2.ClH/c1-2-13-22-15-8-5-14(6-9-15)7-10-16-20-17(21-23-16)18(19)11-3-4-12-18;/h5-10H,2-4,11-13,19H2,1H3;1H/b10-7+;. The number of aromatic nitrogens is 2. The Labute approximate surface area is 148 Å². The topological polar surface area (TPSA) is 74.2 Å². The largest absolute Gasteiger partial charge is 0.494 e. The highest BCUT2D eigenvalue weighted by molar-refractivity contribution is 5.85. The first-order chi connectivity index (χ1) is 11.2. The van der Waals surface area contributed by atoms with Crippen LogP contribution in [0.5, 0.6) is 5.75 Å². The van der Waals surface area contributed by atoms with E-state index in [4.69, 9.17) is 15.0 Å². The number of rotatable bonds is 6. The highest BCUT2D eigenvalue weighted by Crippen LogP contribution is 2.34. The van der Waals surface area contributed by atoms with E-state index in [2.05, 4.69) is 17.1 Å². The molecule has 1 heterocycles. The Kier molecular flexibility index (Phi) is 6.40. The van der Waals surface area contributed by atoms with Crippen molar-refractivity contribution in [3.63, 3.8) is 0 Å². The summed E-state index contributed by atoms with van der Waals surface area (Å²) in [7, 11) is 0. The molecule has 0 atom stereocenters. The normalized spacial score (nSPS) is 16.2. The Hall–Kier alpha value is -1.85. The molecule has 0 aliphatic heterocycles. The molecular formula is C18H24ClN3O2. The molecule has 3 rings (SSSR count). The van der Waals surface area contributed by atoms with Crippen molar-refractivity contribution in [1.29, 1.82) is 0 Å². The average molecular weight is 350 g/mol. The van der Waals surface area contributed by atoms with Gasteiger partial charge in [-0.25, -0.2) is 0 Å². The van der Waals surface area contributed by atoms with Crippen LogP contribution < -0.4 is 10.5 Å². The van der Waals surface area contributed by atoms with Gasteiger partial charge in [-0.3, -0.25) is 0 Å². The van der Waals surface area contributed by atoms with Crippen LogP contribution in [-0.2, 0) is 5.54 Å². The number of hydrogen-bond donors (Lipinski definition) is 1. The molecule has 1 aromatic carbocycles. The van der Waals surface area contributed by atoms with Crippen LogP contribution in [0.25, 0.3) is 12.2 Å². The molecule has 2 N–H and O–H groups in total. The number of ether oxygens (including phenoxy) is 1. The van der Waals surface area contributed by atoms with Crippen molar-refractivity contribution in [2.24, 2.45) is 5.73 Å². The van der Waals surface area contributed by atoms with E-state index in [1.54, 1.807) is 0 Å². The lowest BCUT2D eigenvalue weighted by molar-refractivity contribution is 0.317. The highest BCUT2D eigenvalue weighted by Gasteiger charge is 2.35. The highest BCUT2D eigenvalue weighted by atomic mass is 35.5. The molecule has 0 amide bonds. The molecule has 1 aliphatic rings. The molecular weight excluding hydrogens is 326 g/mol. The van der Waals surface area contributed by atoms with E-state index in [9.17, 15) is 0 Å². The number of nitrogens with two attached hydrogens (primary N) is 1. The first-order valence-corrected chi connectivity index (χ1v) is 8.24. The molecule has 1 saturated carbocycles. The van der Waals surface area contributed by atoms with E-state index < -0.39 is 5.54 Å². The number of nitrogens with zero attached hydrogens (tertiary/aromatic N) is 2. The van der Waals surface area contributed by atoms with Crippen LogP contribution in [0.2, 0.25) is 0 Å². The fourth-order valence-corrected chi connectivity index (χ4v) is 2.80. The van der Waals surface area contributed by atoms with Crippen molar-refractivity contribution in [3.8, 4) is 5.75 Å². The minimum atomic E-state index is -0.409. The van der Waals surface area contributed by atoms with Crippen molar-refractivity contribution in [2.75, 3.05) is 6.61 Å². The average Bonchev–Trinajstić information content (AvgIpc) is 3.22. The first-order valence-electron chi connectivity index (χ1n) is 8.24. The summed E-state index contributed by atoms with van der Waals surface area (Å²) in [6.07, 6.45) is 8.87. The molecule has 2 aromatic rings. The summed E-state index contributed by atoms with van der Waals surface area (Å²) in [5.41, 5.74) is 6.98. The molecule has 6 heteroatoms. The smallest absolute Gasteiger partial charge is 0.250 e. The zero-order valence-electron chi connectivity index (χ0n) is 13.9. The maximum Gasteiger partial charge on any atom is 0.250 e. The van der Waals surface area contributed by atoms with Crippen LogP contribution in [0.1, 0.15) is 56.3 Å². The Morgan fingerprint density at radius 3 is 2.58 bits per heavy atom. The molecule has 0 radical (unpaired) electrons. The number of hydrogen-bond acceptors (Lipinski definition) is 5. The van der Waals surface area contributed by atoms with Crippen LogP contribution in [0.3, 0.4) is 0 Å². The summed E-state index contributed by atoms with van der Waals surface area (Å²) in [5.74, 6) is 2.00. The van der Waals surface area contributed by atoms with Gasteiger partial charge in [0.1, 0.15) is 5.75 Å². The Morgan fingerprint density at radius 2 is 1.92 bits per heavy atom. The monoisotopic (exact) mass is 349 g/mol. The van der Waals surface area contributed by atoms with E-state index in [1.807, 2.05) is 36.4 Å². The van der Waals surface area contributed by atoms with Gasteiger partial charge in [0.05, 0.1) is 12.1 Å². The van der Waals surface area contributed by atoms with Crippen molar-refractivity contribution in [3.05, 3.63) is 41.5 Å². The zero-order chi connectivity index (χ0) is 16.1. The van der Waals surface area contributed by atoms with Gasteiger partial charge in [-0.15, -0.1) is 12.4 Å². The third-order valence-electron chi connectivity index (χ3n) is 4.15. The lowest BCUT2D eigenvalue weighted by atomic mass is 9.99. The van der Waals surface area contributed by atoms with Crippen LogP contribution >= 0.6 is 12.4 Å². The zero-order valence-corrected chi connectivity index (χ0v) is 14.7. The summed E-state index contributed by atoms with van der Waals surface area (Å²) in [4.78, 5) is 4.42. The van der Waals surface area contributed by atoms with Gasteiger partial charge in [-0.05, 0) is 43.0 Å². The summed E-state index contributed by atoms with van der Waals surface area (Å²) in [6, 6.07) is 7.92. The van der Waals surface area contributed by atoms with Crippen molar-refractivity contribution >= 4 is 24.6 Å². The Morgan fingerprint density at radius 1 is 1.21 bits per heavy atom. The van der Waals surface area contributed by atoms with Crippen molar-refractivity contribution in [1.82, 2.24) is 10.1 Å². The second-order valence-electron chi connectivity index (χ2n) is 6.07. The molecule has 5 nitrogen and oxygen atoms in total. The van der Waals surface area contributed by atoms with Crippen LogP contribution in [-0.4, -0.2) is 16.7 Å². The van der Waals surface area contributed by atoms with Gasteiger partial charge in [0.2, 0.25) is 0 Å². The van der Waals surface area contributed by atoms with E-state index >= 15 is 0 Å². The van der Waals surface area contributed by atoms with Gasteiger partial charge in [0.15, 0.2) is 5.82 Å². The lowest BCUT2D eigenvalue weighted by Gasteiger charge is -2.17. The Balaban J connectivity index is 0.00000208. The third-order valence-corrected chi connectivity index (χ3v) is 4.15. The Bertz CT molecular complexity index is 661. The predicted molar refractivity (Wildman–Crippen MR) is 97.0 cm³/mol. The number of benzene rings is 1. The molecule has 24 heavy (non-hydrogen) atoms. The van der Waals surface area contributed by atoms with Crippen LogP contribution in [0.15, 0.2) is 28.8 Å². The summed E-state index contributed by atoms with van der Waals surface area (Å²) in [5, 5.41) is 4.05. The summed E-state index contributed by atoms with van der Waals surface area (Å²) < 4.78 is 10.9. The molecule has 1 aromatic heterocycles. The van der Waals surface area contributed by atoms with Crippen molar-refractivity contribution in [2.45, 2.75) is 44.6 Å².